The Kier molecular flexibility index (Phi) is 3.54. The summed E-state index contributed by atoms with van der Waals surface area (Å²) in [6.07, 6.45) is 3.69. The lowest BCUT2D eigenvalue weighted by molar-refractivity contribution is 1.66. The van der Waals surface area contributed by atoms with E-state index in [9.17, 15) is 0 Å². The van der Waals surface area contributed by atoms with Crippen LogP contribution in [0.4, 0.5) is 0 Å². The summed E-state index contributed by atoms with van der Waals surface area (Å²) in [5.41, 5.74) is 4.12. The molecule has 0 saturated heterocycles. The quantitative estimate of drug-likeness (QED) is 0.466. The summed E-state index contributed by atoms with van der Waals surface area (Å²) >= 11 is 5.43. The molecule has 0 atom stereocenters. The highest BCUT2D eigenvalue weighted by Gasteiger charge is 1.78. The van der Waals surface area contributed by atoms with Gasteiger partial charge in [0.25, 0.3) is 0 Å². The Labute approximate surface area is 71.8 Å². The highest BCUT2D eigenvalue weighted by atomic mass is 35.5. The molecule has 1 aromatic carbocycles. The van der Waals surface area contributed by atoms with Gasteiger partial charge in [-0.2, -0.15) is 0 Å². The third-order valence-corrected chi connectivity index (χ3v) is 1.40. The number of allylic oxidation sites excluding steroid dienone is 1. The zero-order valence-corrected chi connectivity index (χ0v) is 6.88. The Morgan fingerprint density at radius 1 is 1.27 bits per heavy atom. The normalized spacial score (nSPS) is 8.45. The lowest BCUT2D eigenvalue weighted by atomic mass is 10.2. The van der Waals surface area contributed by atoms with Crippen LogP contribution in [0, 0.1) is 0 Å². The van der Waals surface area contributed by atoms with Crippen LogP contribution >= 0.6 is 11.6 Å². The molecule has 1 aromatic rings. The van der Waals surface area contributed by atoms with E-state index >= 15 is 0 Å². The third-order valence-electron chi connectivity index (χ3n) is 1.24. The van der Waals surface area contributed by atoms with Crippen molar-refractivity contribution in [3.05, 3.63) is 47.7 Å². The molecule has 1 rings (SSSR count). The third kappa shape index (κ3) is 3.08. The van der Waals surface area contributed by atoms with Gasteiger partial charge in [-0.1, -0.05) is 30.3 Å². The lowest BCUT2D eigenvalue weighted by Gasteiger charge is -1.85. The van der Waals surface area contributed by atoms with Crippen LogP contribution in [0.3, 0.4) is 0 Å². The largest absolute Gasteiger partial charge is 0.123 e. The van der Waals surface area contributed by atoms with E-state index in [4.69, 9.17) is 11.6 Å². The van der Waals surface area contributed by atoms with Crippen LogP contribution in [-0.4, -0.2) is 5.88 Å². The minimum atomic E-state index is 0.517. The molecule has 0 aromatic heterocycles. The zero-order chi connectivity index (χ0) is 7.94. The van der Waals surface area contributed by atoms with Crippen molar-refractivity contribution in [2.24, 2.45) is 0 Å². The van der Waals surface area contributed by atoms with Crippen molar-refractivity contribution in [2.45, 2.75) is 0 Å². The topological polar surface area (TPSA) is 0 Å². The highest BCUT2D eigenvalue weighted by molar-refractivity contribution is 6.18. The van der Waals surface area contributed by atoms with Gasteiger partial charge in [-0.15, -0.1) is 17.3 Å². The van der Waals surface area contributed by atoms with Gasteiger partial charge in [0.15, 0.2) is 0 Å². The van der Waals surface area contributed by atoms with Crippen molar-refractivity contribution < 1.29 is 0 Å². The summed E-state index contributed by atoms with van der Waals surface area (Å²) in [6, 6.07) is 10.0. The van der Waals surface area contributed by atoms with Crippen LogP contribution in [0.15, 0.2) is 42.1 Å². The Morgan fingerprint density at radius 3 is 2.64 bits per heavy atom. The Bertz CT molecular complexity index is 255. The predicted molar refractivity (Wildman–Crippen MR) is 49.7 cm³/mol. The first-order valence-corrected chi connectivity index (χ1v) is 3.99. The first-order chi connectivity index (χ1) is 5.43. The molecule has 0 N–H and O–H groups in total. The van der Waals surface area contributed by atoms with Gasteiger partial charge in [-0.05, 0) is 17.7 Å². The van der Waals surface area contributed by atoms with Crippen molar-refractivity contribution >= 4 is 17.7 Å². The average Bonchev–Trinajstić information content (AvgIpc) is 2.07. The van der Waals surface area contributed by atoms with Gasteiger partial charge in [-0.3, -0.25) is 0 Å². The van der Waals surface area contributed by atoms with E-state index in [2.05, 4.69) is 5.73 Å². The first-order valence-electron chi connectivity index (χ1n) is 3.45. The maximum absolute atomic E-state index is 5.43. The van der Waals surface area contributed by atoms with Crippen LogP contribution in [0.1, 0.15) is 5.56 Å². The van der Waals surface area contributed by atoms with E-state index in [-0.39, 0.29) is 0 Å². The summed E-state index contributed by atoms with van der Waals surface area (Å²) in [6.45, 7) is 0. The van der Waals surface area contributed by atoms with Gasteiger partial charge >= 0.3 is 0 Å². The molecule has 0 aliphatic rings. The van der Waals surface area contributed by atoms with E-state index in [0.717, 1.165) is 5.56 Å². The molecule has 0 fully saturated rings. The van der Waals surface area contributed by atoms with Crippen LogP contribution in [0.5, 0.6) is 0 Å². The molecule has 0 heterocycles. The second kappa shape index (κ2) is 4.79. The molecule has 0 radical (unpaired) electrons. The van der Waals surface area contributed by atoms with Gasteiger partial charge in [-0.25, -0.2) is 0 Å². The predicted octanol–water partition coefficient (Wildman–Crippen LogP) is 3.09. The SMILES string of the molecule is ClCC=C=Cc1ccccc1. The van der Waals surface area contributed by atoms with Crippen molar-refractivity contribution in [1.29, 1.82) is 0 Å². The molecule has 56 valence electrons. The molecule has 11 heavy (non-hydrogen) atoms. The van der Waals surface area contributed by atoms with E-state index in [1.165, 1.54) is 0 Å². The molecule has 1 heteroatoms. The number of hydrogen-bond acceptors (Lipinski definition) is 0. The first kappa shape index (κ1) is 8.13. The second-order valence-electron chi connectivity index (χ2n) is 2.08. The zero-order valence-electron chi connectivity index (χ0n) is 6.13. The summed E-state index contributed by atoms with van der Waals surface area (Å²) in [7, 11) is 0. The van der Waals surface area contributed by atoms with Crippen molar-refractivity contribution in [1.82, 2.24) is 0 Å². The number of alkyl halides is 1. The Morgan fingerprint density at radius 2 is 2.00 bits per heavy atom. The monoisotopic (exact) mass is 164 g/mol. The van der Waals surface area contributed by atoms with Crippen molar-refractivity contribution in [3.8, 4) is 0 Å². The molecule has 0 bridgehead atoms. The number of benzene rings is 1. The summed E-state index contributed by atoms with van der Waals surface area (Å²) in [5, 5.41) is 0. The van der Waals surface area contributed by atoms with Gasteiger partial charge < -0.3 is 0 Å². The van der Waals surface area contributed by atoms with E-state index in [0.29, 0.717) is 5.88 Å². The van der Waals surface area contributed by atoms with Crippen LogP contribution in [0.2, 0.25) is 0 Å². The highest BCUT2D eigenvalue weighted by Crippen LogP contribution is 1.98. The molecule has 0 unspecified atom stereocenters. The molecule has 0 aliphatic heterocycles. The smallest absolute Gasteiger partial charge is 0.0478 e. The van der Waals surface area contributed by atoms with Gasteiger partial charge in [0, 0.05) is 5.88 Å². The van der Waals surface area contributed by atoms with E-state index in [1.807, 2.05) is 36.4 Å². The lowest BCUT2D eigenvalue weighted by Crippen LogP contribution is -1.65. The molecular formula is C10H9Cl. The fraction of sp³-hybridized carbons (Fsp3) is 0.100. The molecule has 0 spiro atoms. The van der Waals surface area contributed by atoms with Gasteiger partial charge in [0.05, 0.1) is 0 Å². The molecule has 0 aliphatic carbocycles. The standard InChI is InChI=1S/C10H9Cl/c11-9-5-4-8-10-6-2-1-3-7-10/h1-3,5-8H,9H2. The Balaban J connectivity index is 2.72. The van der Waals surface area contributed by atoms with Crippen molar-refractivity contribution in [2.75, 3.05) is 5.88 Å². The molecule has 0 saturated carbocycles. The maximum Gasteiger partial charge on any atom is 0.0478 e. The summed E-state index contributed by atoms with van der Waals surface area (Å²) in [4.78, 5) is 0. The molecule has 0 nitrogen and oxygen atoms in total. The van der Waals surface area contributed by atoms with Crippen LogP contribution in [0.25, 0.3) is 6.08 Å². The van der Waals surface area contributed by atoms with E-state index < -0.39 is 0 Å². The molecular weight excluding hydrogens is 156 g/mol. The summed E-state index contributed by atoms with van der Waals surface area (Å²) < 4.78 is 0. The second-order valence-corrected chi connectivity index (χ2v) is 2.39. The molecule has 0 amide bonds. The van der Waals surface area contributed by atoms with Crippen LogP contribution < -0.4 is 0 Å². The van der Waals surface area contributed by atoms with Gasteiger partial charge in [0.2, 0.25) is 0 Å². The number of hydrogen-bond donors (Lipinski definition) is 0. The average molecular weight is 165 g/mol. The Hall–Kier alpha value is -0.970. The van der Waals surface area contributed by atoms with Crippen molar-refractivity contribution in [3.63, 3.8) is 0 Å². The fourth-order valence-electron chi connectivity index (χ4n) is 0.749. The number of halogens is 1. The summed E-state index contributed by atoms with van der Waals surface area (Å²) in [5.74, 6) is 0.517. The van der Waals surface area contributed by atoms with E-state index in [1.54, 1.807) is 6.08 Å². The fourth-order valence-corrected chi connectivity index (χ4v) is 0.838. The van der Waals surface area contributed by atoms with Gasteiger partial charge in [0.1, 0.15) is 0 Å². The minimum Gasteiger partial charge on any atom is -0.123 e. The maximum atomic E-state index is 5.43. The van der Waals surface area contributed by atoms with Crippen LogP contribution in [-0.2, 0) is 0 Å². The number of rotatable bonds is 2. The minimum absolute atomic E-state index is 0.517.